The highest BCUT2D eigenvalue weighted by Crippen LogP contribution is 2.55. The van der Waals surface area contributed by atoms with Crippen molar-refractivity contribution in [3.8, 4) is 11.1 Å². The van der Waals surface area contributed by atoms with Gasteiger partial charge in [-0.25, -0.2) is 0 Å². The molecule has 5 heteroatoms. The summed E-state index contributed by atoms with van der Waals surface area (Å²) >= 11 is 0.673. The molecule has 0 radical (unpaired) electrons. The van der Waals surface area contributed by atoms with Gasteiger partial charge in [-0.15, -0.1) is 11.8 Å². The maximum absolute atomic E-state index is 14.7. The van der Waals surface area contributed by atoms with Crippen molar-refractivity contribution in [3.05, 3.63) is 126 Å². The molecule has 1 nitrogen and oxygen atoms in total. The van der Waals surface area contributed by atoms with Crippen LogP contribution >= 0.6 is 11.8 Å². The fourth-order valence-electron chi connectivity index (χ4n) is 3.72. The molecule has 0 aliphatic rings. The zero-order chi connectivity index (χ0) is 23.3. The summed E-state index contributed by atoms with van der Waals surface area (Å²) < 4.78 is 41.8. The monoisotopic (exact) mass is 462 g/mol. The second kappa shape index (κ2) is 9.67. The first kappa shape index (κ1) is 22.9. The summed E-state index contributed by atoms with van der Waals surface area (Å²) in [7, 11) is 0. The summed E-state index contributed by atoms with van der Waals surface area (Å²) in [5.74, 6) is -0.556. The van der Waals surface area contributed by atoms with Crippen LogP contribution in [0, 0.1) is 0 Å². The Bertz CT molecular complexity index is 1190. The van der Waals surface area contributed by atoms with E-state index in [0.29, 0.717) is 16.7 Å². The van der Waals surface area contributed by atoms with Crippen LogP contribution in [0.3, 0.4) is 0 Å². The molecule has 0 spiro atoms. The van der Waals surface area contributed by atoms with Crippen LogP contribution in [0.15, 0.2) is 120 Å². The van der Waals surface area contributed by atoms with Gasteiger partial charge in [0.2, 0.25) is 0 Å². The Morgan fingerprint density at radius 1 is 0.636 bits per heavy atom. The molecule has 0 aromatic heterocycles. The molecular formula is C28H21F3OS. The highest BCUT2D eigenvalue weighted by molar-refractivity contribution is 8.00. The van der Waals surface area contributed by atoms with Crippen molar-refractivity contribution in [3.63, 3.8) is 0 Å². The summed E-state index contributed by atoms with van der Waals surface area (Å²) in [5.41, 5.74) is 2.19. The molecule has 4 rings (SSSR count). The lowest BCUT2D eigenvalue weighted by molar-refractivity contribution is -0.161. The van der Waals surface area contributed by atoms with E-state index in [-0.39, 0.29) is 11.1 Å². The zero-order valence-corrected chi connectivity index (χ0v) is 18.4. The second-order valence-corrected chi connectivity index (χ2v) is 9.02. The molecule has 0 aliphatic heterocycles. The first-order chi connectivity index (χ1) is 15.9. The fourth-order valence-corrected chi connectivity index (χ4v) is 4.99. The first-order valence-corrected chi connectivity index (χ1v) is 11.3. The Morgan fingerprint density at radius 2 is 1.12 bits per heavy atom. The summed E-state index contributed by atoms with van der Waals surface area (Å²) in [5, 5.41) is 0. The molecule has 0 unspecified atom stereocenters. The van der Waals surface area contributed by atoms with E-state index in [1.807, 2.05) is 30.3 Å². The van der Waals surface area contributed by atoms with Crippen molar-refractivity contribution in [1.82, 2.24) is 0 Å². The smallest absolute Gasteiger partial charge is 0.294 e. The Balaban J connectivity index is 1.71. The lowest BCUT2D eigenvalue weighted by Gasteiger charge is -2.35. The van der Waals surface area contributed by atoms with E-state index in [2.05, 4.69) is 0 Å². The largest absolute Gasteiger partial charge is 0.408 e. The second-order valence-electron chi connectivity index (χ2n) is 7.65. The van der Waals surface area contributed by atoms with Gasteiger partial charge < -0.3 is 0 Å². The standard InChI is InChI=1S/C28H21F3OS/c29-28(30,31)27(24-12-6-2-7-13-24,33-25-14-8-3-9-15-25)20-26(32)23-18-16-22(17-19-23)21-10-4-1-5-11-21/h1-19H,20H2/t27-/m0/s1. The number of hydrogen-bond donors (Lipinski definition) is 0. The molecule has 4 aromatic carbocycles. The van der Waals surface area contributed by atoms with Crippen molar-refractivity contribution < 1.29 is 18.0 Å². The molecule has 33 heavy (non-hydrogen) atoms. The molecule has 1 atom stereocenters. The van der Waals surface area contributed by atoms with Crippen LogP contribution in [0.5, 0.6) is 0 Å². The van der Waals surface area contributed by atoms with Gasteiger partial charge in [-0.2, -0.15) is 13.2 Å². The van der Waals surface area contributed by atoms with Crippen LogP contribution < -0.4 is 0 Å². The molecule has 0 heterocycles. The molecule has 0 aliphatic carbocycles. The number of rotatable bonds is 7. The van der Waals surface area contributed by atoms with Gasteiger partial charge in [-0.1, -0.05) is 103 Å². The van der Waals surface area contributed by atoms with Crippen LogP contribution in [0.2, 0.25) is 0 Å². The van der Waals surface area contributed by atoms with Gasteiger partial charge in [0.05, 0.1) is 0 Å². The molecule has 0 saturated carbocycles. The van der Waals surface area contributed by atoms with E-state index < -0.39 is 23.1 Å². The quantitative estimate of drug-likeness (QED) is 0.203. The first-order valence-electron chi connectivity index (χ1n) is 10.4. The molecule has 4 aromatic rings. The van der Waals surface area contributed by atoms with E-state index in [4.69, 9.17) is 0 Å². The number of benzene rings is 4. The van der Waals surface area contributed by atoms with E-state index in [0.717, 1.165) is 11.1 Å². The van der Waals surface area contributed by atoms with Crippen molar-refractivity contribution in [2.45, 2.75) is 22.2 Å². The predicted octanol–water partition coefficient (Wildman–Crippen LogP) is 8.18. The van der Waals surface area contributed by atoms with Crippen LogP contribution in [0.25, 0.3) is 11.1 Å². The minimum atomic E-state index is -4.66. The minimum absolute atomic E-state index is 0.0561. The topological polar surface area (TPSA) is 17.1 Å². The molecule has 0 fully saturated rings. The van der Waals surface area contributed by atoms with Gasteiger partial charge in [0.15, 0.2) is 5.78 Å². The van der Waals surface area contributed by atoms with Crippen LogP contribution in [-0.2, 0) is 4.75 Å². The van der Waals surface area contributed by atoms with Gasteiger partial charge in [0, 0.05) is 16.9 Å². The Kier molecular flexibility index (Phi) is 6.70. The van der Waals surface area contributed by atoms with Crippen molar-refractivity contribution in [2.24, 2.45) is 0 Å². The third kappa shape index (κ3) is 5.04. The van der Waals surface area contributed by atoms with Gasteiger partial charge in [-0.05, 0) is 28.8 Å². The van der Waals surface area contributed by atoms with Gasteiger partial charge >= 0.3 is 6.18 Å². The SMILES string of the molecule is O=C(C[C@](Sc1ccccc1)(c1ccccc1)C(F)(F)F)c1ccc(-c2ccccc2)cc1. The van der Waals surface area contributed by atoms with Gasteiger partial charge in [0.25, 0.3) is 0 Å². The maximum Gasteiger partial charge on any atom is 0.408 e. The number of ketones is 1. The van der Waals surface area contributed by atoms with Gasteiger partial charge in [0.1, 0.15) is 4.75 Å². The molecule has 0 N–H and O–H groups in total. The predicted molar refractivity (Wildman–Crippen MR) is 127 cm³/mol. The van der Waals surface area contributed by atoms with Crippen molar-refractivity contribution >= 4 is 17.5 Å². The highest BCUT2D eigenvalue weighted by atomic mass is 32.2. The Morgan fingerprint density at radius 3 is 1.67 bits per heavy atom. The molecule has 0 bridgehead atoms. The average Bonchev–Trinajstić information content (AvgIpc) is 2.84. The molecular weight excluding hydrogens is 441 g/mol. The van der Waals surface area contributed by atoms with Gasteiger partial charge in [-0.3, -0.25) is 4.79 Å². The number of Topliss-reactive ketones (excluding diaryl/α,β-unsaturated/α-hetero) is 1. The van der Waals surface area contributed by atoms with Crippen molar-refractivity contribution in [1.29, 1.82) is 0 Å². The maximum atomic E-state index is 14.7. The number of carbonyl (C=O) groups is 1. The number of thioether (sulfide) groups is 1. The van der Waals surface area contributed by atoms with Crippen molar-refractivity contribution in [2.75, 3.05) is 0 Å². The average molecular weight is 463 g/mol. The molecule has 0 saturated heterocycles. The zero-order valence-electron chi connectivity index (χ0n) is 17.6. The lowest BCUT2D eigenvalue weighted by atomic mass is 9.89. The van der Waals surface area contributed by atoms with E-state index >= 15 is 0 Å². The number of halogens is 3. The summed E-state index contributed by atoms with van der Waals surface area (Å²) in [6.07, 6.45) is -5.36. The highest BCUT2D eigenvalue weighted by Gasteiger charge is 2.57. The Labute approximate surface area is 195 Å². The normalized spacial score (nSPS) is 13.3. The number of carbonyl (C=O) groups excluding carboxylic acids is 1. The third-order valence-electron chi connectivity index (χ3n) is 5.46. The number of hydrogen-bond acceptors (Lipinski definition) is 2. The Hall–Kier alpha value is -3.31. The summed E-state index contributed by atoms with van der Waals surface area (Å²) in [4.78, 5) is 13.7. The van der Waals surface area contributed by atoms with Crippen LogP contribution in [-0.4, -0.2) is 12.0 Å². The number of alkyl halides is 3. The van der Waals surface area contributed by atoms with E-state index in [1.54, 1.807) is 72.8 Å². The van der Waals surface area contributed by atoms with Crippen LogP contribution in [0.4, 0.5) is 13.2 Å². The summed E-state index contributed by atoms with van der Waals surface area (Å²) in [6.45, 7) is 0. The lowest BCUT2D eigenvalue weighted by Crippen LogP contribution is -2.41. The molecule has 166 valence electrons. The third-order valence-corrected chi connectivity index (χ3v) is 6.92. The fraction of sp³-hybridized carbons (Fsp3) is 0.107. The van der Waals surface area contributed by atoms with E-state index in [1.165, 1.54) is 12.1 Å². The minimum Gasteiger partial charge on any atom is -0.294 e. The van der Waals surface area contributed by atoms with E-state index in [9.17, 15) is 18.0 Å². The van der Waals surface area contributed by atoms with Crippen LogP contribution in [0.1, 0.15) is 22.3 Å². The summed E-state index contributed by atoms with van der Waals surface area (Å²) in [6, 6.07) is 32.4. The molecule has 0 amide bonds.